The Bertz CT molecular complexity index is 854. The fourth-order valence-electron chi connectivity index (χ4n) is 2.86. The summed E-state index contributed by atoms with van der Waals surface area (Å²) in [5, 5.41) is 12.5. The Kier molecular flexibility index (Phi) is 5.56. The Labute approximate surface area is 147 Å². The predicted molar refractivity (Wildman–Crippen MR) is 97.3 cm³/mol. The third-order valence-electron chi connectivity index (χ3n) is 4.20. The molecule has 1 atom stereocenters. The first-order valence-corrected chi connectivity index (χ1v) is 8.27. The average molecular weight is 330 g/mol. The van der Waals surface area contributed by atoms with E-state index in [2.05, 4.69) is 35.7 Å². The minimum Gasteiger partial charge on any atom is -0.305 e. The Morgan fingerprint density at radius 3 is 2.28 bits per heavy atom. The number of nitrogens with zero attached hydrogens (tertiary/aromatic N) is 1. The van der Waals surface area contributed by atoms with Gasteiger partial charge in [-0.15, -0.1) is 0 Å². The lowest BCUT2D eigenvalue weighted by Crippen LogP contribution is -2.23. The summed E-state index contributed by atoms with van der Waals surface area (Å²) in [5.41, 5.74) is 3.35. The Morgan fingerprint density at radius 2 is 1.60 bits per heavy atom. The fraction of sp³-hybridized carbons (Fsp3) is 0.136. The summed E-state index contributed by atoms with van der Waals surface area (Å²) in [6.45, 7) is 0.369. The zero-order valence-electron chi connectivity index (χ0n) is 13.8. The van der Waals surface area contributed by atoms with Crippen LogP contribution in [0.5, 0.6) is 0 Å². The molecule has 0 aromatic heterocycles. The molecule has 0 bridgehead atoms. The molecule has 25 heavy (non-hydrogen) atoms. The van der Waals surface area contributed by atoms with Crippen molar-refractivity contribution in [2.24, 2.45) is 0 Å². The summed E-state index contributed by atoms with van der Waals surface area (Å²) in [6.07, 6.45) is 0.810. The molecule has 2 nitrogen and oxygen atoms in total. The van der Waals surface area contributed by atoms with E-state index in [1.807, 2.05) is 36.4 Å². The van der Waals surface area contributed by atoms with E-state index in [-0.39, 0.29) is 11.9 Å². The van der Waals surface area contributed by atoms with E-state index in [1.54, 1.807) is 6.07 Å². The normalized spacial score (nSPS) is 11.7. The van der Waals surface area contributed by atoms with Crippen LogP contribution in [0.2, 0.25) is 0 Å². The van der Waals surface area contributed by atoms with Crippen molar-refractivity contribution < 1.29 is 4.39 Å². The van der Waals surface area contributed by atoms with E-state index in [1.165, 1.54) is 17.7 Å². The van der Waals surface area contributed by atoms with Gasteiger partial charge in [-0.25, -0.2) is 4.39 Å². The molecule has 1 unspecified atom stereocenters. The first-order chi connectivity index (χ1) is 12.3. The highest BCUT2D eigenvalue weighted by Gasteiger charge is 2.13. The number of hydrogen-bond acceptors (Lipinski definition) is 2. The van der Waals surface area contributed by atoms with Crippen LogP contribution >= 0.6 is 0 Å². The fourth-order valence-corrected chi connectivity index (χ4v) is 2.86. The van der Waals surface area contributed by atoms with E-state index < -0.39 is 0 Å². The summed E-state index contributed by atoms with van der Waals surface area (Å²) in [5.74, 6) is -0.293. The Balaban J connectivity index is 1.80. The molecular weight excluding hydrogens is 311 g/mol. The average Bonchev–Trinajstić information content (AvgIpc) is 2.67. The molecule has 0 aliphatic carbocycles. The number of benzene rings is 3. The molecule has 0 fully saturated rings. The molecule has 3 heteroatoms. The van der Waals surface area contributed by atoms with Crippen LogP contribution in [0, 0.1) is 17.1 Å². The van der Waals surface area contributed by atoms with Crippen molar-refractivity contribution in [2.75, 3.05) is 0 Å². The lowest BCUT2D eigenvalue weighted by molar-refractivity contribution is 0.513. The van der Waals surface area contributed by atoms with Gasteiger partial charge >= 0.3 is 0 Å². The third kappa shape index (κ3) is 4.53. The molecule has 0 aliphatic rings. The zero-order chi connectivity index (χ0) is 17.5. The molecular formula is C22H19FN2. The predicted octanol–water partition coefficient (Wildman–Crippen LogP) is 4.77. The summed E-state index contributed by atoms with van der Waals surface area (Å²) < 4.78 is 14.0. The maximum Gasteiger partial charge on any atom is 0.127 e. The van der Waals surface area contributed by atoms with E-state index in [0.717, 1.165) is 12.0 Å². The van der Waals surface area contributed by atoms with Crippen LogP contribution in [0.4, 0.5) is 4.39 Å². The minimum absolute atomic E-state index is 0.0636. The number of rotatable bonds is 6. The monoisotopic (exact) mass is 330 g/mol. The SMILES string of the molecule is N#Cc1ccc(F)c(CNC(Cc2ccccc2)c2ccccc2)c1. The van der Waals surface area contributed by atoms with Gasteiger partial charge in [-0.05, 0) is 35.7 Å². The number of halogens is 1. The molecule has 3 aromatic carbocycles. The van der Waals surface area contributed by atoms with Crippen molar-refractivity contribution in [3.05, 3.63) is 107 Å². The quantitative estimate of drug-likeness (QED) is 0.706. The first kappa shape index (κ1) is 16.9. The highest BCUT2D eigenvalue weighted by molar-refractivity contribution is 5.34. The van der Waals surface area contributed by atoms with Crippen molar-refractivity contribution in [2.45, 2.75) is 19.0 Å². The second-order valence-corrected chi connectivity index (χ2v) is 5.95. The largest absolute Gasteiger partial charge is 0.305 e. The minimum atomic E-state index is -0.293. The highest BCUT2D eigenvalue weighted by Crippen LogP contribution is 2.20. The van der Waals surface area contributed by atoms with Crippen LogP contribution in [0.15, 0.2) is 78.9 Å². The first-order valence-electron chi connectivity index (χ1n) is 8.27. The lowest BCUT2D eigenvalue weighted by atomic mass is 9.98. The highest BCUT2D eigenvalue weighted by atomic mass is 19.1. The van der Waals surface area contributed by atoms with Crippen LogP contribution in [0.1, 0.15) is 28.3 Å². The van der Waals surface area contributed by atoms with Crippen molar-refractivity contribution >= 4 is 0 Å². The topological polar surface area (TPSA) is 35.8 Å². The third-order valence-corrected chi connectivity index (χ3v) is 4.20. The van der Waals surface area contributed by atoms with Crippen LogP contribution < -0.4 is 5.32 Å². The van der Waals surface area contributed by atoms with Crippen LogP contribution in [-0.2, 0) is 13.0 Å². The van der Waals surface area contributed by atoms with Crippen LogP contribution in [0.3, 0.4) is 0 Å². The second kappa shape index (κ2) is 8.23. The molecule has 0 aliphatic heterocycles. The van der Waals surface area contributed by atoms with Gasteiger partial charge in [-0.2, -0.15) is 5.26 Å². The van der Waals surface area contributed by atoms with E-state index >= 15 is 0 Å². The Morgan fingerprint density at radius 1 is 0.920 bits per heavy atom. The van der Waals surface area contributed by atoms with Crippen LogP contribution in [-0.4, -0.2) is 0 Å². The number of hydrogen-bond donors (Lipinski definition) is 1. The molecule has 3 rings (SSSR count). The van der Waals surface area contributed by atoms with Gasteiger partial charge in [0.15, 0.2) is 0 Å². The lowest BCUT2D eigenvalue weighted by Gasteiger charge is -2.20. The molecule has 0 heterocycles. The number of nitriles is 1. The van der Waals surface area contributed by atoms with Gasteiger partial charge in [0.2, 0.25) is 0 Å². The molecule has 0 spiro atoms. The summed E-state index contributed by atoms with van der Waals surface area (Å²) >= 11 is 0. The molecule has 0 amide bonds. The summed E-state index contributed by atoms with van der Waals surface area (Å²) in [6, 6.07) is 26.9. The standard InChI is InChI=1S/C22H19FN2/c23-21-12-11-18(15-24)13-20(21)16-25-22(19-9-5-2-6-10-19)14-17-7-3-1-4-8-17/h1-13,22,25H,14,16H2. The van der Waals surface area contributed by atoms with E-state index in [0.29, 0.717) is 17.7 Å². The molecule has 0 radical (unpaired) electrons. The molecule has 3 aromatic rings. The Hall–Kier alpha value is -2.96. The van der Waals surface area contributed by atoms with Gasteiger partial charge in [-0.3, -0.25) is 0 Å². The van der Waals surface area contributed by atoms with Crippen molar-refractivity contribution in [3.63, 3.8) is 0 Å². The summed E-state index contributed by atoms with van der Waals surface area (Å²) in [4.78, 5) is 0. The number of nitrogens with one attached hydrogen (secondary N) is 1. The molecule has 1 N–H and O–H groups in total. The van der Waals surface area contributed by atoms with Gasteiger partial charge < -0.3 is 5.32 Å². The van der Waals surface area contributed by atoms with Crippen molar-refractivity contribution in [1.82, 2.24) is 5.32 Å². The van der Waals surface area contributed by atoms with Gasteiger partial charge in [0.05, 0.1) is 11.6 Å². The maximum atomic E-state index is 14.0. The zero-order valence-corrected chi connectivity index (χ0v) is 13.8. The van der Waals surface area contributed by atoms with Crippen LogP contribution in [0.25, 0.3) is 0 Å². The molecule has 124 valence electrons. The molecule has 0 saturated heterocycles. The molecule has 0 saturated carbocycles. The van der Waals surface area contributed by atoms with Crippen molar-refractivity contribution in [1.29, 1.82) is 5.26 Å². The smallest absolute Gasteiger partial charge is 0.127 e. The van der Waals surface area contributed by atoms with Gasteiger partial charge in [-0.1, -0.05) is 60.7 Å². The second-order valence-electron chi connectivity index (χ2n) is 5.95. The summed E-state index contributed by atoms with van der Waals surface area (Å²) in [7, 11) is 0. The maximum absolute atomic E-state index is 14.0. The van der Waals surface area contributed by atoms with E-state index in [4.69, 9.17) is 5.26 Å². The van der Waals surface area contributed by atoms with Gasteiger partial charge in [0.25, 0.3) is 0 Å². The van der Waals surface area contributed by atoms with Crippen molar-refractivity contribution in [3.8, 4) is 6.07 Å². The van der Waals surface area contributed by atoms with Gasteiger partial charge in [0.1, 0.15) is 5.82 Å². The van der Waals surface area contributed by atoms with Gasteiger partial charge in [0, 0.05) is 18.2 Å². The van der Waals surface area contributed by atoms with E-state index in [9.17, 15) is 4.39 Å².